The topological polar surface area (TPSA) is 107 Å². The van der Waals surface area contributed by atoms with E-state index in [-0.39, 0.29) is 53.1 Å². The number of rotatable bonds is 22. The number of benzene rings is 4. The van der Waals surface area contributed by atoms with Crippen LogP contribution >= 0.6 is 45.9 Å². The molecule has 0 bridgehead atoms. The summed E-state index contributed by atoms with van der Waals surface area (Å²) >= 11 is 15.9. The Balaban J connectivity index is 0.879. The van der Waals surface area contributed by atoms with Gasteiger partial charge < -0.3 is 28.4 Å². The van der Waals surface area contributed by atoms with Crippen LogP contribution in [0.3, 0.4) is 0 Å². The molecule has 9 nitrogen and oxygen atoms in total. The van der Waals surface area contributed by atoms with Crippen LogP contribution < -0.4 is 20.3 Å². The molecule has 13 heteroatoms. The van der Waals surface area contributed by atoms with Gasteiger partial charge in [0.25, 0.3) is 0 Å². The monoisotopic (exact) mass is 974 g/mol. The van der Waals surface area contributed by atoms with Crippen LogP contribution in [0, 0.1) is 5.41 Å². The molecule has 4 aromatic carbocycles. The number of carbonyl (C=O) groups is 1. The molecule has 0 spiro atoms. The summed E-state index contributed by atoms with van der Waals surface area (Å²) < 4.78 is 41.4. The van der Waals surface area contributed by atoms with Gasteiger partial charge in [-0.15, -0.1) is 22.7 Å². The molecule has 0 aliphatic heterocycles. The van der Waals surface area contributed by atoms with Gasteiger partial charge in [-0.3, -0.25) is 14.4 Å². The van der Waals surface area contributed by atoms with Crippen molar-refractivity contribution in [1.82, 2.24) is 0 Å². The van der Waals surface area contributed by atoms with E-state index in [4.69, 9.17) is 51.6 Å². The van der Waals surface area contributed by atoms with Crippen molar-refractivity contribution in [3.8, 4) is 11.5 Å². The van der Waals surface area contributed by atoms with Crippen molar-refractivity contribution in [2.45, 2.75) is 123 Å². The van der Waals surface area contributed by atoms with E-state index in [9.17, 15) is 14.4 Å². The molecule has 0 saturated heterocycles. The molecule has 1 aliphatic rings. The largest absolute Gasteiger partial charge is 0.492 e. The number of Topliss-reactive ketones (excluding diaryl/α,β-unsaturated/α-hetero) is 1. The molecular weight excluding hydrogens is 916 g/mol. The van der Waals surface area contributed by atoms with E-state index in [0.717, 1.165) is 35.1 Å². The number of fused-ring (bicyclic) bond motifs is 4. The van der Waals surface area contributed by atoms with Crippen molar-refractivity contribution in [2.24, 2.45) is 5.41 Å². The average molecular weight is 976 g/mol. The zero-order chi connectivity index (χ0) is 47.6. The second kappa shape index (κ2) is 20.3. The molecule has 1 saturated carbocycles. The lowest BCUT2D eigenvalue weighted by molar-refractivity contribution is -0.190. The number of ether oxygens (including phenoxy) is 6. The van der Waals surface area contributed by atoms with Gasteiger partial charge in [0.05, 0.1) is 60.7 Å². The van der Waals surface area contributed by atoms with Gasteiger partial charge in [0.15, 0.2) is 10.9 Å². The van der Waals surface area contributed by atoms with Crippen molar-refractivity contribution in [1.29, 1.82) is 0 Å². The molecule has 0 N–H and O–H groups in total. The second-order valence-electron chi connectivity index (χ2n) is 18.8. The molecule has 1 aliphatic carbocycles. The summed E-state index contributed by atoms with van der Waals surface area (Å²) in [5.41, 5.74) is -2.50. The number of hydrogen-bond donors (Lipinski definition) is 0. The summed E-state index contributed by atoms with van der Waals surface area (Å²) in [5.74, 6) is 1.31. The summed E-state index contributed by atoms with van der Waals surface area (Å²) in [6, 6.07) is 21.7. The van der Waals surface area contributed by atoms with E-state index in [1.165, 1.54) is 22.7 Å². The van der Waals surface area contributed by atoms with Gasteiger partial charge in [-0.25, -0.2) is 0 Å². The predicted octanol–water partition coefficient (Wildman–Crippen LogP) is 13.5. The minimum Gasteiger partial charge on any atom is -0.492 e. The maximum absolute atomic E-state index is 13.8. The normalized spacial score (nSPS) is 18.7. The fraction of sp³-hybridized carbons (Fsp3) is 0.453. The second-order valence-corrected chi connectivity index (χ2v) is 21.8. The fourth-order valence-corrected chi connectivity index (χ4v) is 11.4. The van der Waals surface area contributed by atoms with Crippen LogP contribution in [0.4, 0.5) is 0 Å². The van der Waals surface area contributed by atoms with Gasteiger partial charge in [0, 0.05) is 44.8 Å². The maximum atomic E-state index is 13.8. The van der Waals surface area contributed by atoms with Gasteiger partial charge in [0.2, 0.25) is 5.78 Å². The molecule has 3 unspecified atom stereocenters. The smallest absolute Gasteiger partial charge is 0.201 e. The fourth-order valence-electron chi connectivity index (χ4n) is 8.50. The van der Waals surface area contributed by atoms with Gasteiger partial charge >= 0.3 is 0 Å². The molecule has 352 valence electrons. The van der Waals surface area contributed by atoms with Gasteiger partial charge in [-0.2, -0.15) is 0 Å². The highest BCUT2D eigenvalue weighted by Crippen LogP contribution is 2.43. The number of hydrogen-bond acceptors (Lipinski definition) is 11. The highest BCUT2D eigenvalue weighted by molar-refractivity contribution is 7.25. The highest BCUT2D eigenvalue weighted by atomic mass is 35.5. The Hall–Kier alpha value is -4.07. The van der Waals surface area contributed by atoms with Crippen LogP contribution in [-0.2, 0) is 23.7 Å². The Morgan fingerprint density at radius 1 is 0.773 bits per heavy atom. The number of ketones is 1. The van der Waals surface area contributed by atoms with Crippen LogP contribution in [0.15, 0.2) is 94.7 Å². The van der Waals surface area contributed by atoms with Crippen LogP contribution in [-0.4, -0.2) is 61.2 Å². The third-order valence-electron chi connectivity index (χ3n) is 13.0. The van der Waals surface area contributed by atoms with E-state index in [0.29, 0.717) is 84.3 Å². The Morgan fingerprint density at radius 2 is 1.30 bits per heavy atom. The quantitative estimate of drug-likeness (QED) is 0.0485. The lowest BCUT2D eigenvalue weighted by atomic mass is 9.75. The predicted molar refractivity (Wildman–Crippen MR) is 272 cm³/mol. The molecule has 0 radical (unpaired) electrons. The molecule has 3 atom stereocenters. The van der Waals surface area contributed by atoms with E-state index < -0.39 is 11.2 Å². The lowest BCUT2D eigenvalue weighted by Gasteiger charge is -2.48. The summed E-state index contributed by atoms with van der Waals surface area (Å²) in [6.07, 6.45) is 3.71. The van der Waals surface area contributed by atoms with Gasteiger partial charge in [-0.1, -0.05) is 88.7 Å². The van der Waals surface area contributed by atoms with Gasteiger partial charge in [0.1, 0.15) is 42.2 Å². The molecule has 2 aromatic heterocycles. The Morgan fingerprint density at radius 3 is 1.82 bits per heavy atom. The minimum atomic E-state index is -1.11. The maximum Gasteiger partial charge on any atom is 0.201 e. The van der Waals surface area contributed by atoms with Crippen molar-refractivity contribution in [3.05, 3.63) is 116 Å². The molecular formula is C53H60Cl2O9S2. The van der Waals surface area contributed by atoms with Gasteiger partial charge in [-0.05, 0) is 88.6 Å². The zero-order valence-corrected chi connectivity index (χ0v) is 42.3. The van der Waals surface area contributed by atoms with Crippen molar-refractivity contribution in [2.75, 3.05) is 26.4 Å². The summed E-state index contributed by atoms with van der Waals surface area (Å²) in [6.45, 7) is 21.4. The van der Waals surface area contributed by atoms with E-state index in [1.807, 2.05) is 63.2 Å². The molecule has 6 aromatic rings. The van der Waals surface area contributed by atoms with Crippen molar-refractivity contribution in [3.63, 3.8) is 0 Å². The first-order chi connectivity index (χ1) is 31.3. The molecule has 0 amide bonds. The summed E-state index contributed by atoms with van der Waals surface area (Å²) in [7, 11) is 0. The molecule has 1 fully saturated rings. The molecule has 7 rings (SSSR count). The van der Waals surface area contributed by atoms with Crippen LogP contribution in [0.2, 0.25) is 10.0 Å². The summed E-state index contributed by atoms with van der Waals surface area (Å²) in [4.78, 5) is 40.5. The minimum absolute atomic E-state index is 0.0509. The first-order valence-corrected chi connectivity index (χ1v) is 25.1. The number of halogens is 2. The van der Waals surface area contributed by atoms with Crippen LogP contribution in [0.1, 0.15) is 93.9 Å². The first-order valence-electron chi connectivity index (χ1n) is 22.7. The molecule has 66 heavy (non-hydrogen) atoms. The lowest BCUT2D eigenvalue weighted by Crippen LogP contribution is -2.51. The standard InChI is InChI=1S/C53H60Cl2O9S2/c1-10-51(8,25-32(4)64-52(9,11-2)43(56)29-60-40-24-22-38(55)45-47(58)36-18-14-16-20-42(36)66-49(40)45)61-30-50(6,7)31-62-53(12-3)26-34(27-53)63-33(5)28-59-39-23-21-37(54)44-46(57)35-17-13-15-19-41(35)65-48(39)44/h13-24,32,34H,5,10-12,25-31H2,1-4,6-9H3. The highest BCUT2D eigenvalue weighted by Gasteiger charge is 2.47. The first kappa shape index (κ1) is 49.8. The zero-order valence-electron chi connectivity index (χ0n) is 39.1. The number of carbonyl (C=O) groups excluding carboxylic acids is 1. The van der Waals surface area contributed by atoms with Crippen LogP contribution in [0.25, 0.3) is 40.3 Å². The Bertz CT molecular complexity index is 2880. The summed E-state index contributed by atoms with van der Waals surface area (Å²) in [5, 5.41) is 2.82. The van der Waals surface area contributed by atoms with Crippen molar-refractivity contribution < 1.29 is 33.2 Å². The van der Waals surface area contributed by atoms with Crippen molar-refractivity contribution >= 4 is 92.0 Å². The van der Waals surface area contributed by atoms with Crippen LogP contribution in [0.5, 0.6) is 11.5 Å². The van der Waals surface area contributed by atoms with E-state index >= 15 is 0 Å². The molecule has 2 heterocycles. The third-order valence-corrected chi connectivity index (χ3v) is 16.0. The average Bonchev–Trinajstić information content (AvgIpc) is 3.28. The van der Waals surface area contributed by atoms with E-state index in [1.54, 1.807) is 30.3 Å². The third kappa shape index (κ3) is 10.8. The Labute approximate surface area is 404 Å². The van der Waals surface area contributed by atoms with E-state index in [2.05, 4.69) is 41.2 Å². The SMILES string of the molecule is C=C(COc1ccc(Cl)c2c(=O)c3ccccc3sc12)OC1CC(CC)(OCC(C)(C)COC(C)(CC)CC(C)OC(C)(CC)C(=O)COc2ccc(Cl)c3c(=O)c4ccccc4sc23)C1. The Kier molecular flexibility index (Phi) is 15.3.